The van der Waals surface area contributed by atoms with Gasteiger partial charge in [-0.15, -0.1) is 0 Å². The molecule has 0 atom stereocenters. The van der Waals surface area contributed by atoms with Gasteiger partial charge in [0, 0.05) is 17.1 Å². The van der Waals surface area contributed by atoms with Gasteiger partial charge in [-0.25, -0.2) is 0 Å². The lowest BCUT2D eigenvalue weighted by Crippen LogP contribution is -2.16. The van der Waals surface area contributed by atoms with E-state index in [1.165, 1.54) is 10.9 Å². The van der Waals surface area contributed by atoms with Crippen LogP contribution in [0.15, 0.2) is 30.5 Å². The first-order chi connectivity index (χ1) is 8.08. The summed E-state index contributed by atoms with van der Waals surface area (Å²) >= 11 is 0. The smallest absolute Gasteiger partial charge is 0.326 e. The number of carbonyl (C=O) groups is 1. The Hall–Kier alpha value is -1.77. The van der Waals surface area contributed by atoms with Gasteiger partial charge in [0.25, 0.3) is 0 Å². The van der Waals surface area contributed by atoms with Crippen molar-refractivity contribution in [2.75, 3.05) is 0 Å². The molecule has 0 aliphatic carbocycles. The number of rotatable bonds is 3. The number of aromatic nitrogens is 1. The fraction of sp³-hybridized carbons (Fsp3) is 0.357. The molecule has 0 aliphatic heterocycles. The summed E-state index contributed by atoms with van der Waals surface area (Å²) in [6.45, 7) is 6.03. The summed E-state index contributed by atoms with van der Waals surface area (Å²) < 4.78 is 7.09. The summed E-state index contributed by atoms with van der Waals surface area (Å²) in [5.41, 5.74) is 2.25. The zero-order chi connectivity index (χ0) is 12.4. The van der Waals surface area contributed by atoms with Gasteiger partial charge in [-0.05, 0) is 32.4 Å². The Balaban J connectivity index is 2.27. The van der Waals surface area contributed by atoms with Crippen LogP contribution in [0, 0.1) is 6.92 Å². The van der Waals surface area contributed by atoms with Crippen LogP contribution in [0.2, 0.25) is 0 Å². The number of aryl methyl sites for hydroxylation is 1. The Labute approximate surface area is 101 Å². The Kier molecular flexibility index (Phi) is 3.18. The van der Waals surface area contributed by atoms with Crippen LogP contribution >= 0.6 is 0 Å². The molecule has 2 rings (SSSR count). The average molecular weight is 231 g/mol. The molecule has 17 heavy (non-hydrogen) atoms. The lowest BCUT2D eigenvalue weighted by Gasteiger charge is -2.09. The molecule has 1 heterocycles. The van der Waals surface area contributed by atoms with Crippen molar-refractivity contribution in [3.8, 4) is 0 Å². The van der Waals surface area contributed by atoms with Crippen LogP contribution in [-0.2, 0) is 16.1 Å². The highest BCUT2D eigenvalue weighted by molar-refractivity contribution is 5.85. The Morgan fingerprint density at radius 2 is 2.06 bits per heavy atom. The molecule has 0 unspecified atom stereocenters. The highest BCUT2D eigenvalue weighted by atomic mass is 16.5. The predicted molar refractivity (Wildman–Crippen MR) is 67.9 cm³/mol. The Morgan fingerprint density at radius 1 is 1.35 bits per heavy atom. The van der Waals surface area contributed by atoms with Gasteiger partial charge in [0.2, 0.25) is 0 Å². The van der Waals surface area contributed by atoms with Crippen molar-refractivity contribution in [2.45, 2.75) is 33.4 Å². The molecule has 1 aromatic carbocycles. The predicted octanol–water partition coefficient (Wildman–Crippen LogP) is 2.90. The highest BCUT2D eigenvalue weighted by Gasteiger charge is 2.10. The number of carbonyl (C=O) groups excluding carboxylic acids is 1. The first-order valence-corrected chi connectivity index (χ1v) is 5.82. The molecular formula is C14H17NO2. The summed E-state index contributed by atoms with van der Waals surface area (Å²) in [5, 5.41) is 1.19. The molecule has 0 saturated carbocycles. The van der Waals surface area contributed by atoms with E-state index in [-0.39, 0.29) is 18.6 Å². The van der Waals surface area contributed by atoms with Crippen LogP contribution in [0.5, 0.6) is 0 Å². The highest BCUT2D eigenvalue weighted by Crippen LogP contribution is 2.20. The van der Waals surface area contributed by atoms with Crippen LogP contribution in [0.4, 0.5) is 0 Å². The molecule has 0 radical (unpaired) electrons. The third-order valence-corrected chi connectivity index (χ3v) is 2.65. The topological polar surface area (TPSA) is 31.2 Å². The minimum atomic E-state index is -0.194. The molecule has 90 valence electrons. The lowest BCUT2D eigenvalue weighted by atomic mass is 10.2. The number of fused-ring (bicyclic) bond motifs is 1. The van der Waals surface area contributed by atoms with E-state index in [1.54, 1.807) is 0 Å². The minimum absolute atomic E-state index is 0.0644. The van der Waals surface area contributed by atoms with Gasteiger partial charge in [0.05, 0.1) is 6.10 Å². The molecule has 2 aromatic rings. The van der Waals surface area contributed by atoms with Crippen molar-refractivity contribution in [2.24, 2.45) is 0 Å². The molecule has 3 heteroatoms. The molecule has 3 nitrogen and oxygen atoms in total. The SMILES string of the molecule is Cc1cn(CC(=O)OC(C)C)c2ccccc12. The van der Waals surface area contributed by atoms with Gasteiger partial charge in [0.1, 0.15) is 6.54 Å². The second kappa shape index (κ2) is 4.62. The molecular weight excluding hydrogens is 214 g/mol. The van der Waals surface area contributed by atoms with E-state index in [0.29, 0.717) is 0 Å². The number of hydrogen-bond donors (Lipinski definition) is 0. The van der Waals surface area contributed by atoms with Crippen LogP contribution in [-0.4, -0.2) is 16.6 Å². The number of ether oxygens (including phenoxy) is 1. The first kappa shape index (κ1) is 11.7. The van der Waals surface area contributed by atoms with E-state index in [0.717, 1.165) is 5.52 Å². The van der Waals surface area contributed by atoms with Crippen molar-refractivity contribution >= 4 is 16.9 Å². The van der Waals surface area contributed by atoms with Gasteiger partial charge in [-0.3, -0.25) is 4.79 Å². The Bertz CT molecular complexity index is 540. The van der Waals surface area contributed by atoms with Crippen molar-refractivity contribution in [1.82, 2.24) is 4.57 Å². The molecule has 0 bridgehead atoms. The molecule has 0 spiro atoms. The minimum Gasteiger partial charge on any atom is -0.462 e. The molecule has 0 amide bonds. The van der Waals surface area contributed by atoms with E-state index in [9.17, 15) is 4.79 Å². The second-order valence-corrected chi connectivity index (χ2v) is 4.50. The number of esters is 1. The van der Waals surface area contributed by atoms with Crippen LogP contribution in [0.25, 0.3) is 10.9 Å². The van der Waals surface area contributed by atoms with E-state index in [1.807, 2.05) is 49.7 Å². The number of benzene rings is 1. The van der Waals surface area contributed by atoms with Gasteiger partial charge in [-0.2, -0.15) is 0 Å². The van der Waals surface area contributed by atoms with Crippen molar-refractivity contribution in [3.05, 3.63) is 36.0 Å². The zero-order valence-corrected chi connectivity index (χ0v) is 10.4. The maximum atomic E-state index is 11.6. The molecule has 0 fully saturated rings. The van der Waals surface area contributed by atoms with E-state index in [2.05, 4.69) is 6.07 Å². The standard InChI is InChI=1S/C14H17NO2/c1-10(2)17-14(16)9-15-8-11(3)12-6-4-5-7-13(12)15/h4-8,10H,9H2,1-3H3. The number of nitrogens with zero attached hydrogens (tertiary/aromatic N) is 1. The molecule has 1 aromatic heterocycles. The fourth-order valence-electron chi connectivity index (χ4n) is 2.00. The molecule has 0 saturated heterocycles. The van der Waals surface area contributed by atoms with Crippen LogP contribution in [0.1, 0.15) is 19.4 Å². The second-order valence-electron chi connectivity index (χ2n) is 4.50. The third-order valence-electron chi connectivity index (χ3n) is 2.65. The Morgan fingerprint density at radius 3 is 2.76 bits per heavy atom. The van der Waals surface area contributed by atoms with Crippen molar-refractivity contribution < 1.29 is 9.53 Å². The average Bonchev–Trinajstić information content (AvgIpc) is 2.55. The fourth-order valence-corrected chi connectivity index (χ4v) is 2.00. The maximum Gasteiger partial charge on any atom is 0.326 e. The maximum absolute atomic E-state index is 11.6. The molecule has 0 N–H and O–H groups in total. The van der Waals surface area contributed by atoms with Gasteiger partial charge >= 0.3 is 5.97 Å². The molecule has 0 aliphatic rings. The summed E-state index contributed by atoms with van der Waals surface area (Å²) in [4.78, 5) is 11.6. The monoisotopic (exact) mass is 231 g/mol. The van der Waals surface area contributed by atoms with Gasteiger partial charge in [0.15, 0.2) is 0 Å². The van der Waals surface area contributed by atoms with Crippen LogP contribution in [0.3, 0.4) is 0 Å². The lowest BCUT2D eigenvalue weighted by molar-refractivity contribution is -0.148. The van der Waals surface area contributed by atoms with E-state index >= 15 is 0 Å². The number of hydrogen-bond acceptors (Lipinski definition) is 2. The quantitative estimate of drug-likeness (QED) is 0.760. The summed E-state index contributed by atoms with van der Waals surface area (Å²) in [6, 6.07) is 8.07. The summed E-state index contributed by atoms with van der Waals surface area (Å²) in [5.74, 6) is -0.194. The normalized spacial score (nSPS) is 11.1. The van der Waals surface area contributed by atoms with E-state index < -0.39 is 0 Å². The summed E-state index contributed by atoms with van der Waals surface area (Å²) in [6.07, 6.45) is 1.93. The third kappa shape index (κ3) is 2.49. The summed E-state index contributed by atoms with van der Waals surface area (Å²) in [7, 11) is 0. The number of para-hydroxylation sites is 1. The van der Waals surface area contributed by atoms with Crippen molar-refractivity contribution in [3.63, 3.8) is 0 Å². The largest absolute Gasteiger partial charge is 0.462 e. The van der Waals surface area contributed by atoms with Crippen molar-refractivity contribution in [1.29, 1.82) is 0 Å². The zero-order valence-electron chi connectivity index (χ0n) is 10.4. The first-order valence-electron chi connectivity index (χ1n) is 5.82. The van der Waals surface area contributed by atoms with Gasteiger partial charge < -0.3 is 9.30 Å². The van der Waals surface area contributed by atoms with Crippen LogP contribution < -0.4 is 0 Å². The van der Waals surface area contributed by atoms with Gasteiger partial charge in [-0.1, -0.05) is 18.2 Å². The van der Waals surface area contributed by atoms with E-state index in [4.69, 9.17) is 4.74 Å².